The predicted molar refractivity (Wildman–Crippen MR) is 80.1 cm³/mol. The normalized spacial score (nSPS) is 35.4. The molecule has 0 saturated heterocycles. The lowest BCUT2D eigenvalue weighted by atomic mass is 9.84. The van der Waals surface area contributed by atoms with Crippen LogP contribution in [0.1, 0.15) is 46.5 Å². The molecule has 0 heterocycles. The van der Waals surface area contributed by atoms with E-state index in [-0.39, 0.29) is 5.97 Å². The van der Waals surface area contributed by atoms with E-state index >= 15 is 0 Å². The third-order valence-electron chi connectivity index (χ3n) is 5.52. The van der Waals surface area contributed by atoms with Crippen molar-refractivity contribution in [1.29, 1.82) is 0 Å². The van der Waals surface area contributed by atoms with E-state index < -0.39 is 0 Å². The lowest BCUT2D eigenvalue weighted by molar-refractivity contribution is -0.141. The molecule has 4 unspecified atom stereocenters. The lowest BCUT2D eigenvalue weighted by Gasteiger charge is -2.20. The summed E-state index contributed by atoms with van der Waals surface area (Å²) in [5, 5.41) is 0. The van der Waals surface area contributed by atoms with Gasteiger partial charge in [0.15, 0.2) is 0 Å². The molecule has 1 fully saturated rings. The van der Waals surface area contributed by atoms with E-state index in [2.05, 4.69) is 26.0 Å². The number of rotatable bonds is 3. The van der Waals surface area contributed by atoms with Crippen LogP contribution in [-0.2, 0) is 9.53 Å². The first-order chi connectivity index (χ1) is 9.58. The zero-order valence-corrected chi connectivity index (χ0v) is 12.9. The Bertz CT molecular complexity index is 458. The maximum absolute atomic E-state index is 11.0. The Balaban J connectivity index is 1.61. The monoisotopic (exact) mass is 274 g/mol. The molecule has 0 spiro atoms. The topological polar surface area (TPSA) is 26.3 Å². The van der Waals surface area contributed by atoms with Gasteiger partial charge in [-0.25, -0.2) is 0 Å². The van der Waals surface area contributed by atoms with Gasteiger partial charge in [-0.05, 0) is 54.9 Å². The second-order valence-corrected chi connectivity index (χ2v) is 7.05. The van der Waals surface area contributed by atoms with Gasteiger partial charge in [-0.15, -0.1) is 0 Å². The van der Waals surface area contributed by atoms with Crippen molar-refractivity contribution >= 4 is 5.97 Å². The van der Waals surface area contributed by atoms with Crippen LogP contribution in [0.15, 0.2) is 23.3 Å². The van der Waals surface area contributed by atoms with Gasteiger partial charge in [-0.2, -0.15) is 0 Å². The van der Waals surface area contributed by atoms with Crippen molar-refractivity contribution in [3.05, 3.63) is 23.3 Å². The molecule has 3 rings (SSSR count). The Hall–Kier alpha value is -1.05. The predicted octanol–water partition coefficient (Wildman–Crippen LogP) is 4.12. The molecular weight excluding hydrogens is 248 g/mol. The van der Waals surface area contributed by atoms with Gasteiger partial charge in [0.1, 0.15) is 0 Å². The zero-order chi connectivity index (χ0) is 14.3. The average Bonchev–Trinajstić information content (AvgIpc) is 2.85. The highest BCUT2D eigenvalue weighted by molar-refractivity contribution is 5.65. The van der Waals surface area contributed by atoms with E-state index in [1.165, 1.54) is 32.6 Å². The number of hydrogen-bond acceptors (Lipinski definition) is 2. The quantitative estimate of drug-likeness (QED) is 0.723. The summed E-state index contributed by atoms with van der Waals surface area (Å²) >= 11 is 0. The van der Waals surface area contributed by atoms with Gasteiger partial charge in [0.05, 0.1) is 6.61 Å². The van der Waals surface area contributed by atoms with Crippen LogP contribution in [0.2, 0.25) is 0 Å². The number of carbonyl (C=O) groups excluding carboxylic acids is 1. The minimum atomic E-state index is -0.132. The SMILES string of the molecule is CC(=O)OCC1C2CCC3=C(CCC21)C(C(C)C)C=C3. The molecule has 20 heavy (non-hydrogen) atoms. The molecule has 4 atom stereocenters. The Morgan fingerprint density at radius 1 is 1.30 bits per heavy atom. The minimum absolute atomic E-state index is 0.132. The summed E-state index contributed by atoms with van der Waals surface area (Å²) in [6.07, 6.45) is 9.85. The van der Waals surface area contributed by atoms with E-state index in [1.807, 2.05) is 0 Å². The summed E-state index contributed by atoms with van der Waals surface area (Å²) in [6.45, 7) is 6.82. The smallest absolute Gasteiger partial charge is 0.302 e. The Morgan fingerprint density at radius 2 is 2.00 bits per heavy atom. The molecule has 2 nitrogen and oxygen atoms in total. The van der Waals surface area contributed by atoms with Gasteiger partial charge in [0.25, 0.3) is 0 Å². The maximum atomic E-state index is 11.0. The van der Waals surface area contributed by atoms with Crippen molar-refractivity contribution in [2.75, 3.05) is 6.61 Å². The van der Waals surface area contributed by atoms with Crippen LogP contribution < -0.4 is 0 Å². The van der Waals surface area contributed by atoms with Crippen LogP contribution in [-0.4, -0.2) is 12.6 Å². The van der Waals surface area contributed by atoms with Crippen molar-refractivity contribution in [1.82, 2.24) is 0 Å². The molecule has 110 valence electrons. The number of fused-ring (bicyclic) bond motifs is 1. The third kappa shape index (κ3) is 2.57. The van der Waals surface area contributed by atoms with E-state index in [0.29, 0.717) is 24.4 Å². The van der Waals surface area contributed by atoms with Crippen LogP contribution in [0.25, 0.3) is 0 Å². The third-order valence-corrected chi connectivity index (χ3v) is 5.52. The molecule has 2 heteroatoms. The molecule has 0 bridgehead atoms. The summed E-state index contributed by atoms with van der Waals surface area (Å²) in [7, 11) is 0. The highest BCUT2D eigenvalue weighted by atomic mass is 16.5. The Morgan fingerprint density at radius 3 is 2.65 bits per heavy atom. The largest absolute Gasteiger partial charge is 0.466 e. The van der Waals surface area contributed by atoms with Crippen LogP contribution in [0.4, 0.5) is 0 Å². The van der Waals surface area contributed by atoms with Gasteiger partial charge in [0.2, 0.25) is 0 Å². The average molecular weight is 274 g/mol. The number of allylic oxidation sites excluding steroid dienone is 4. The molecule has 0 amide bonds. The van der Waals surface area contributed by atoms with E-state index in [1.54, 1.807) is 11.1 Å². The van der Waals surface area contributed by atoms with Crippen molar-refractivity contribution in [3.63, 3.8) is 0 Å². The number of hydrogen-bond donors (Lipinski definition) is 0. The van der Waals surface area contributed by atoms with Crippen LogP contribution in [0, 0.1) is 29.6 Å². The molecule has 0 aromatic rings. The number of ether oxygens (including phenoxy) is 1. The second kappa shape index (κ2) is 5.38. The lowest BCUT2D eigenvalue weighted by Crippen LogP contribution is -2.09. The molecule has 3 aliphatic carbocycles. The van der Waals surface area contributed by atoms with Gasteiger partial charge < -0.3 is 4.74 Å². The summed E-state index contributed by atoms with van der Waals surface area (Å²) in [6, 6.07) is 0. The first-order valence-corrected chi connectivity index (χ1v) is 8.11. The Labute approximate surface area is 122 Å². The summed E-state index contributed by atoms with van der Waals surface area (Å²) in [5.41, 5.74) is 3.32. The minimum Gasteiger partial charge on any atom is -0.466 e. The van der Waals surface area contributed by atoms with Gasteiger partial charge >= 0.3 is 5.97 Å². The highest BCUT2D eigenvalue weighted by Gasteiger charge is 2.50. The van der Waals surface area contributed by atoms with Crippen LogP contribution in [0.3, 0.4) is 0 Å². The summed E-state index contributed by atoms with van der Waals surface area (Å²) in [4.78, 5) is 11.0. The fourth-order valence-corrected chi connectivity index (χ4v) is 4.34. The van der Waals surface area contributed by atoms with E-state index in [4.69, 9.17) is 4.74 Å². The molecule has 0 aliphatic heterocycles. The molecular formula is C18H26O2. The zero-order valence-electron chi connectivity index (χ0n) is 12.9. The van der Waals surface area contributed by atoms with Crippen LogP contribution >= 0.6 is 0 Å². The van der Waals surface area contributed by atoms with E-state index in [0.717, 1.165) is 11.8 Å². The number of esters is 1. The highest BCUT2D eigenvalue weighted by Crippen LogP contribution is 2.55. The standard InChI is InChI=1S/C18H26O2/c1-11(2)14-6-4-13-5-7-16-17(9-8-15(13)14)18(16)10-20-12(3)19/h4,6,11,14,16-18H,5,7-10H2,1-3H3. The fourth-order valence-electron chi connectivity index (χ4n) is 4.34. The number of carbonyl (C=O) groups is 1. The maximum Gasteiger partial charge on any atom is 0.302 e. The van der Waals surface area contributed by atoms with Crippen LogP contribution in [0.5, 0.6) is 0 Å². The van der Waals surface area contributed by atoms with Gasteiger partial charge in [0, 0.05) is 12.8 Å². The molecule has 3 aliphatic rings. The molecule has 1 saturated carbocycles. The fraction of sp³-hybridized carbons (Fsp3) is 0.722. The van der Waals surface area contributed by atoms with Gasteiger partial charge in [-0.1, -0.05) is 31.6 Å². The van der Waals surface area contributed by atoms with E-state index in [9.17, 15) is 4.79 Å². The first kappa shape index (κ1) is 13.9. The second-order valence-electron chi connectivity index (χ2n) is 7.05. The molecule has 0 radical (unpaired) electrons. The molecule has 0 aromatic carbocycles. The Kier molecular flexibility index (Phi) is 3.74. The first-order valence-electron chi connectivity index (χ1n) is 8.11. The summed E-state index contributed by atoms with van der Waals surface area (Å²) in [5.74, 6) is 3.50. The summed E-state index contributed by atoms with van der Waals surface area (Å²) < 4.78 is 5.23. The van der Waals surface area contributed by atoms with Crippen molar-refractivity contribution in [2.45, 2.75) is 46.5 Å². The van der Waals surface area contributed by atoms with Crippen molar-refractivity contribution < 1.29 is 9.53 Å². The van der Waals surface area contributed by atoms with Crippen molar-refractivity contribution in [2.24, 2.45) is 29.6 Å². The molecule has 0 N–H and O–H groups in total. The molecule has 0 aromatic heterocycles. The van der Waals surface area contributed by atoms with Gasteiger partial charge in [-0.3, -0.25) is 4.79 Å². The van der Waals surface area contributed by atoms with Crippen molar-refractivity contribution in [3.8, 4) is 0 Å².